The quantitative estimate of drug-likeness (QED) is 0.812. The lowest BCUT2D eigenvalue weighted by Gasteiger charge is -2.17. The first-order chi connectivity index (χ1) is 11.0. The second-order valence-electron chi connectivity index (χ2n) is 4.76. The van der Waals surface area contributed by atoms with Crippen LogP contribution in [0.15, 0.2) is 40.8 Å². The smallest absolute Gasteiger partial charge is 0.371 e. The van der Waals surface area contributed by atoms with Crippen molar-refractivity contribution < 1.29 is 28.6 Å². The maximum absolute atomic E-state index is 11.9. The van der Waals surface area contributed by atoms with Gasteiger partial charge in [-0.15, -0.1) is 0 Å². The van der Waals surface area contributed by atoms with Gasteiger partial charge >= 0.3 is 5.97 Å². The summed E-state index contributed by atoms with van der Waals surface area (Å²) in [7, 11) is 1.55. The number of benzene rings is 1. The van der Waals surface area contributed by atoms with Crippen LogP contribution in [0.25, 0.3) is 0 Å². The van der Waals surface area contributed by atoms with Crippen molar-refractivity contribution in [2.45, 2.75) is 13.0 Å². The molecule has 1 amide bonds. The number of carboxylic acids is 1. The molecule has 0 aliphatic rings. The van der Waals surface area contributed by atoms with Gasteiger partial charge < -0.3 is 24.3 Å². The molecule has 0 saturated carbocycles. The van der Waals surface area contributed by atoms with Gasteiger partial charge in [0.15, 0.2) is 17.3 Å². The summed E-state index contributed by atoms with van der Waals surface area (Å²) in [5.41, 5.74) is 0. The van der Waals surface area contributed by atoms with E-state index >= 15 is 0 Å². The monoisotopic (exact) mass is 319 g/mol. The number of aromatic carboxylic acids is 1. The maximum atomic E-state index is 11.9. The first-order valence-electron chi connectivity index (χ1n) is 6.92. The largest absolute Gasteiger partial charge is 0.493 e. The van der Waals surface area contributed by atoms with Gasteiger partial charge in [0.2, 0.25) is 5.76 Å². The second-order valence-corrected chi connectivity index (χ2v) is 4.76. The summed E-state index contributed by atoms with van der Waals surface area (Å²) >= 11 is 0. The summed E-state index contributed by atoms with van der Waals surface area (Å²) in [6.07, 6.45) is -0.316. The lowest BCUT2D eigenvalue weighted by molar-refractivity contribution is 0.0659. The minimum absolute atomic E-state index is 0.0631. The van der Waals surface area contributed by atoms with Crippen molar-refractivity contribution in [1.82, 2.24) is 5.32 Å². The molecule has 1 heterocycles. The van der Waals surface area contributed by atoms with Crippen molar-refractivity contribution in [3.8, 4) is 11.5 Å². The zero-order valence-electron chi connectivity index (χ0n) is 12.7. The molecular weight excluding hydrogens is 302 g/mol. The van der Waals surface area contributed by atoms with Gasteiger partial charge in [0, 0.05) is 0 Å². The molecule has 23 heavy (non-hydrogen) atoms. The van der Waals surface area contributed by atoms with E-state index in [-0.39, 0.29) is 24.2 Å². The number of carboxylic acid groups (broad SMARTS) is 1. The molecule has 2 N–H and O–H groups in total. The SMILES string of the molecule is COc1ccccc1OC(C)CNC(=O)c1ccc(C(=O)O)o1. The minimum atomic E-state index is -1.23. The van der Waals surface area contributed by atoms with E-state index in [0.717, 1.165) is 0 Å². The Hall–Kier alpha value is -2.96. The minimum Gasteiger partial charge on any atom is -0.493 e. The Balaban J connectivity index is 1.89. The van der Waals surface area contributed by atoms with Crippen LogP contribution in [0, 0.1) is 0 Å². The summed E-state index contributed by atoms with van der Waals surface area (Å²) in [5.74, 6) is -0.906. The molecule has 0 bridgehead atoms. The van der Waals surface area contributed by atoms with Crippen LogP contribution in [0.3, 0.4) is 0 Å². The molecule has 1 aromatic carbocycles. The van der Waals surface area contributed by atoms with Gasteiger partial charge in [0.1, 0.15) is 6.10 Å². The highest BCUT2D eigenvalue weighted by molar-refractivity contribution is 5.93. The highest BCUT2D eigenvalue weighted by atomic mass is 16.5. The molecule has 0 spiro atoms. The predicted molar refractivity (Wildman–Crippen MR) is 81.1 cm³/mol. The Morgan fingerprint density at radius 1 is 1.17 bits per heavy atom. The fraction of sp³-hybridized carbons (Fsp3) is 0.250. The highest BCUT2D eigenvalue weighted by Crippen LogP contribution is 2.26. The first-order valence-corrected chi connectivity index (χ1v) is 6.92. The van der Waals surface area contributed by atoms with E-state index in [0.29, 0.717) is 11.5 Å². The van der Waals surface area contributed by atoms with Gasteiger partial charge in [-0.3, -0.25) is 4.79 Å². The van der Waals surface area contributed by atoms with E-state index in [4.69, 9.17) is 19.0 Å². The molecule has 1 atom stereocenters. The average molecular weight is 319 g/mol. The topological polar surface area (TPSA) is 98.0 Å². The number of nitrogens with one attached hydrogen (secondary N) is 1. The van der Waals surface area contributed by atoms with Crippen LogP contribution in [0.1, 0.15) is 28.0 Å². The van der Waals surface area contributed by atoms with Gasteiger partial charge in [-0.2, -0.15) is 0 Å². The predicted octanol–water partition coefficient (Wildman–Crippen LogP) is 2.18. The summed E-state index contributed by atoms with van der Waals surface area (Å²) in [4.78, 5) is 22.6. The van der Waals surface area contributed by atoms with Crippen molar-refractivity contribution in [3.05, 3.63) is 47.9 Å². The Bertz CT molecular complexity index is 693. The van der Waals surface area contributed by atoms with E-state index in [9.17, 15) is 9.59 Å². The number of para-hydroxylation sites is 2. The molecule has 0 radical (unpaired) electrons. The maximum Gasteiger partial charge on any atom is 0.371 e. The van der Waals surface area contributed by atoms with Gasteiger partial charge in [0.05, 0.1) is 13.7 Å². The van der Waals surface area contributed by atoms with Gasteiger partial charge in [-0.25, -0.2) is 4.79 Å². The average Bonchev–Trinajstić information content (AvgIpc) is 3.03. The van der Waals surface area contributed by atoms with Crippen LogP contribution >= 0.6 is 0 Å². The third kappa shape index (κ3) is 4.26. The number of hydrogen-bond donors (Lipinski definition) is 2. The lowest BCUT2D eigenvalue weighted by Crippen LogP contribution is -2.33. The van der Waals surface area contributed by atoms with Crippen molar-refractivity contribution in [3.63, 3.8) is 0 Å². The third-order valence-electron chi connectivity index (χ3n) is 2.99. The molecule has 122 valence electrons. The Labute approximate surface area is 132 Å². The summed E-state index contributed by atoms with van der Waals surface area (Å²) in [6.45, 7) is 2.01. The number of hydrogen-bond acceptors (Lipinski definition) is 5. The molecule has 2 aromatic rings. The molecule has 0 saturated heterocycles. The molecule has 0 fully saturated rings. The molecule has 7 nitrogen and oxygen atoms in total. The van der Waals surface area contributed by atoms with E-state index < -0.39 is 11.9 Å². The Kier molecular flexibility index (Phi) is 5.24. The number of ether oxygens (including phenoxy) is 2. The van der Waals surface area contributed by atoms with Gasteiger partial charge in [-0.05, 0) is 31.2 Å². The highest BCUT2D eigenvalue weighted by Gasteiger charge is 2.16. The number of carbonyl (C=O) groups excluding carboxylic acids is 1. The normalized spacial score (nSPS) is 11.6. The van der Waals surface area contributed by atoms with E-state index in [1.54, 1.807) is 26.2 Å². The summed E-state index contributed by atoms with van der Waals surface area (Å²) in [6, 6.07) is 9.73. The Morgan fingerprint density at radius 2 is 1.83 bits per heavy atom. The van der Waals surface area contributed by atoms with Gasteiger partial charge in [0.25, 0.3) is 5.91 Å². The van der Waals surface area contributed by atoms with Crippen molar-refractivity contribution in [2.75, 3.05) is 13.7 Å². The molecular formula is C16H17NO6. The molecule has 0 aliphatic heterocycles. The van der Waals surface area contributed by atoms with Crippen LogP contribution in [0.4, 0.5) is 0 Å². The fourth-order valence-corrected chi connectivity index (χ4v) is 1.87. The molecule has 1 aromatic heterocycles. The van der Waals surface area contributed by atoms with Crippen LogP contribution < -0.4 is 14.8 Å². The molecule has 1 unspecified atom stereocenters. The van der Waals surface area contributed by atoms with Crippen LogP contribution in [0.5, 0.6) is 11.5 Å². The van der Waals surface area contributed by atoms with E-state index in [2.05, 4.69) is 5.32 Å². The zero-order valence-corrected chi connectivity index (χ0v) is 12.7. The molecule has 0 aliphatic carbocycles. The summed E-state index contributed by atoms with van der Waals surface area (Å²) < 4.78 is 15.8. The lowest BCUT2D eigenvalue weighted by atomic mass is 10.3. The first kappa shape index (κ1) is 16.4. The summed E-state index contributed by atoms with van der Waals surface area (Å²) in [5, 5.41) is 11.4. The van der Waals surface area contributed by atoms with Crippen molar-refractivity contribution in [2.24, 2.45) is 0 Å². The van der Waals surface area contributed by atoms with Crippen molar-refractivity contribution in [1.29, 1.82) is 0 Å². The fourth-order valence-electron chi connectivity index (χ4n) is 1.87. The van der Waals surface area contributed by atoms with Gasteiger partial charge in [-0.1, -0.05) is 12.1 Å². The third-order valence-corrected chi connectivity index (χ3v) is 2.99. The van der Waals surface area contributed by atoms with Crippen LogP contribution in [-0.2, 0) is 0 Å². The van der Waals surface area contributed by atoms with Crippen molar-refractivity contribution >= 4 is 11.9 Å². The van der Waals surface area contributed by atoms with Crippen LogP contribution in [0.2, 0.25) is 0 Å². The number of carbonyl (C=O) groups is 2. The number of rotatable bonds is 7. The van der Waals surface area contributed by atoms with E-state index in [1.807, 2.05) is 12.1 Å². The number of amides is 1. The molecule has 2 rings (SSSR count). The number of methoxy groups -OCH3 is 1. The van der Waals surface area contributed by atoms with E-state index in [1.165, 1.54) is 12.1 Å². The second kappa shape index (κ2) is 7.35. The molecule has 7 heteroatoms. The van der Waals surface area contributed by atoms with Crippen LogP contribution in [-0.4, -0.2) is 36.7 Å². The standard InChI is InChI=1S/C16H17NO6/c1-10(22-12-6-4-3-5-11(12)21-2)9-17-15(18)13-7-8-14(23-13)16(19)20/h3-8,10H,9H2,1-2H3,(H,17,18)(H,19,20). The Morgan fingerprint density at radius 3 is 2.43 bits per heavy atom. The zero-order chi connectivity index (χ0) is 16.8. The number of furan rings is 1.